The molecule has 2 saturated heterocycles. The molecule has 0 N–H and O–H groups in total. The van der Waals surface area contributed by atoms with Crippen LogP contribution in [0, 0.1) is 0 Å². The van der Waals surface area contributed by atoms with Gasteiger partial charge in [0.15, 0.2) is 0 Å². The number of fused-ring (bicyclic) bond motifs is 2. The van der Waals surface area contributed by atoms with Gasteiger partial charge < -0.3 is 19.4 Å². The Bertz CT molecular complexity index is 765. The number of hydrogen-bond donors (Lipinski definition) is 0. The number of likely N-dealkylation sites (tertiary alicyclic amines) is 2. The first-order valence-corrected chi connectivity index (χ1v) is 11.6. The Morgan fingerprint density at radius 2 is 1.73 bits per heavy atom. The Morgan fingerprint density at radius 3 is 2.40 bits per heavy atom. The molecular formula is C24H35N3O3. The van der Waals surface area contributed by atoms with Crippen LogP contribution in [0.5, 0.6) is 0 Å². The fourth-order valence-electron chi connectivity index (χ4n) is 5.66. The van der Waals surface area contributed by atoms with Crippen LogP contribution in [0.25, 0.3) is 0 Å². The topological polar surface area (TPSA) is 53.1 Å². The number of ether oxygens (including phenoxy) is 1. The summed E-state index contributed by atoms with van der Waals surface area (Å²) in [6, 6.07) is 9.27. The van der Waals surface area contributed by atoms with Crippen LogP contribution in [0.3, 0.4) is 0 Å². The average molecular weight is 414 g/mol. The second-order valence-corrected chi connectivity index (χ2v) is 8.99. The molecule has 3 heterocycles. The maximum atomic E-state index is 12.5. The van der Waals surface area contributed by atoms with E-state index in [1.54, 1.807) is 0 Å². The minimum absolute atomic E-state index is 0.0851. The summed E-state index contributed by atoms with van der Waals surface area (Å²) >= 11 is 0. The molecule has 3 aliphatic rings. The Kier molecular flexibility index (Phi) is 6.32. The van der Waals surface area contributed by atoms with Gasteiger partial charge in [-0.3, -0.25) is 4.79 Å². The number of carbonyl (C=O) groups excluding carboxylic acids is 2. The number of amides is 2. The van der Waals surface area contributed by atoms with Crippen molar-refractivity contribution < 1.29 is 14.3 Å². The zero-order valence-corrected chi connectivity index (χ0v) is 18.4. The van der Waals surface area contributed by atoms with Crippen molar-refractivity contribution in [3.8, 4) is 0 Å². The summed E-state index contributed by atoms with van der Waals surface area (Å²) in [6.45, 7) is 9.55. The number of rotatable bonds is 3. The number of piperidine rings is 2. The van der Waals surface area contributed by atoms with Crippen LogP contribution in [0.1, 0.15) is 57.1 Å². The van der Waals surface area contributed by atoms with Crippen molar-refractivity contribution in [3.63, 3.8) is 0 Å². The van der Waals surface area contributed by atoms with Crippen LogP contribution in [-0.4, -0.2) is 72.1 Å². The van der Waals surface area contributed by atoms with Crippen molar-refractivity contribution >= 4 is 12.0 Å². The van der Waals surface area contributed by atoms with E-state index in [1.165, 1.54) is 11.1 Å². The van der Waals surface area contributed by atoms with Gasteiger partial charge in [0.2, 0.25) is 5.91 Å². The van der Waals surface area contributed by atoms with Gasteiger partial charge in [-0.2, -0.15) is 0 Å². The quantitative estimate of drug-likeness (QED) is 0.762. The predicted octanol–water partition coefficient (Wildman–Crippen LogP) is 3.39. The van der Waals surface area contributed by atoms with E-state index < -0.39 is 0 Å². The first-order chi connectivity index (χ1) is 14.6. The summed E-state index contributed by atoms with van der Waals surface area (Å²) in [6.07, 6.45) is 4.62. The summed E-state index contributed by atoms with van der Waals surface area (Å²) in [5.74, 6) is 0.262. The lowest BCUT2D eigenvalue weighted by atomic mass is 9.68. The number of nitrogens with zero attached hydrogens (tertiary/aromatic N) is 3. The van der Waals surface area contributed by atoms with Gasteiger partial charge in [0, 0.05) is 44.1 Å². The molecule has 0 saturated carbocycles. The Morgan fingerprint density at radius 1 is 1.03 bits per heavy atom. The van der Waals surface area contributed by atoms with Crippen LogP contribution >= 0.6 is 0 Å². The highest BCUT2D eigenvalue weighted by Gasteiger charge is 2.44. The SMILES string of the molecule is CCOC(=O)N1CCC(N2CCC3(CC2)CN(C(=O)CC)Cc2ccccc23)CC1. The summed E-state index contributed by atoms with van der Waals surface area (Å²) in [4.78, 5) is 31.0. The zero-order valence-electron chi connectivity index (χ0n) is 18.4. The lowest BCUT2D eigenvalue weighted by Crippen LogP contribution is -2.56. The van der Waals surface area contributed by atoms with E-state index in [0.717, 1.165) is 65.0 Å². The summed E-state index contributed by atoms with van der Waals surface area (Å²) in [5, 5.41) is 0. The van der Waals surface area contributed by atoms with E-state index in [1.807, 2.05) is 18.7 Å². The molecule has 1 aromatic rings. The fourth-order valence-corrected chi connectivity index (χ4v) is 5.66. The molecule has 0 aromatic heterocycles. The van der Waals surface area contributed by atoms with Gasteiger partial charge in [0.05, 0.1) is 6.61 Å². The third-order valence-corrected chi connectivity index (χ3v) is 7.36. The first kappa shape index (κ1) is 21.2. The van der Waals surface area contributed by atoms with Gasteiger partial charge >= 0.3 is 6.09 Å². The van der Waals surface area contributed by atoms with Crippen molar-refractivity contribution in [2.75, 3.05) is 39.3 Å². The molecule has 2 amide bonds. The lowest BCUT2D eigenvalue weighted by Gasteiger charge is -2.50. The molecule has 0 radical (unpaired) electrons. The van der Waals surface area contributed by atoms with Gasteiger partial charge in [0.25, 0.3) is 0 Å². The van der Waals surface area contributed by atoms with Gasteiger partial charge in [-0.25, -0.2) is 4.79 Å². The molecule has 0 aliphatic carbocycles. The lowest BCUT2D eigenvalue weighted by molar-refractivity contribution is -0.133. The second kappa shape index (κ2) is 8.96. The Labute approximate surface area is 180 Å². The highest BCUT2D eigenvalue weighted by atomic mass is 16.6. The van der Waals surface area contributed by atoms with Crippen molar-refractivity contribution in [1.29, 1.82) is 0 Å². The standard InChI is InChI=1S/C24H35N3O3/c1-3-22(28)27-17-19-7-5-6-8-21(19)24(18-27)11-15-25(16-12-24)20-9-13-26(14-10-20)23(29)30-4-2/h5-8,20H,3-4,9-18H2,1-2H3. The molecule has 2 fully saturated rings. The monoisotopic (exact) mass is 413 g/mol. The molecule has 1 aromatic carbocycles. The molecule has 4 rings (SSSR count). The maximum Gasteiger partial charge on any atom is 0.409 e. The molecule has 6 nitrogen and oxygen atoms in total. The third kappa shape index (κ3) is 4.07. The van der Waals surface area contributed by atoms with Crippen LogP contribution < -0.4 is 0 Å². The van der Waals surface area contributed by atoms with E-state index in [0.29, 0.717) is 19.1 Å². The van der Waals surface area contributed by atoms with E-state index in [9.17, 15) is 9.59 Å². The first-order valence-electron chi connectivity index (χ1n) is 11.6. The highest BCUT2D eigenvalue weighted by Crippen LogP contribution is 2.42. The predicted molar refractivity (Wildman–Crippen MR) is 116 cm³/mol. The Hall–Kier alpha value is -2.08. The van der Waals surface area contributed by atoms with Crippen LogP contribution in [0.4, 0.5) is 4.79 Å². The molecule has 0 unspecified atom stereocenters. The van der Waals surface area contributed by atoms with Crippen LogP contribution in [0.15, 0.2) is 24.3 Å². The van der Waals surface area contributed by atoms with Gasteiger partial charge in [-0.15, -0.1) is 0 Å². The largest absolute Gasteiger partial charge is 0.450 e. The van der Waals surface area contributed by atoms with E-state index in [4.69, 9.17) is 4.74 Å². The third-order valence-electron chi connectivity index (χ3n) is 7.36. The highest BCUT2D eigenvalue weighted by molar-refractivity contribution is 5.76. The van der Waals surface area contributed by atoms with Crippen LogP contribution in [-0.2, 0) is 21.5 Å². The molecule has 30 heavy (non-hydrogen) atoms. The summed E-state index contributed by atoms with van der Waals surface area (Å²) in [5.41, 5.74) is 2.87. The second-order valence-electron chi connectivity index (χ2n) is 8.99. The van der Waals surface area contributed by atoms with E-state index in [-0.39, 0.29) is 17.4 Å². The van der Waals surface area contributed by atoms with Crippen molar-refractivity contribution in [1.82, 2.24) is 14.7 Å². The maximum absolute atomic E-state index is 12.5. The van der Waals surface area contributed by atoms with Crippen molar-refractivity contribution in [2.45, 2.75) is 64.0 Å². The van der Waals surface area contributed by atoms with Gasteiger partial charge in [-0.1, -0.05) is 31.2 Å². The molecule has 1 spiro atoms. The van der Waals surface area contributed by atoms with Gasteiger partial charge in [0.1, 0.15) is 0 Å². The molecular weight excluding hydrogens is 378 g/mol. The minimum Gasteiger partial charge on any atom is -0.450 e. The average Bonchev–Trinajstić information content (AvgIpc) is 2.79. The molecule has 3 aliphatic heterocycles. The smallest absolute Gasteiger partial charge is 0.409 e. The molecule has 0 bridgehead atoms. The summed E-state index contributed by atoms with van der Waals surface area (Å²) in [7, 11) is 0. The zero-order chi connectivity index (χ0) is 21.1. The minimum atomic E-state index is -0.173. The number of hydrogen-bond acceptors (Lipinski definition) is 4. The molecule has 164 valence electrons. The Balaban J connectivity index is 1.41. The molecule has 0 atom stereocenters. The van der Waals surface area contributed by atoms with E-state index in [2.05, 4.69) is 34.1 Å². The molecule has 6 heteroatoms. The van der Waals surface area contributed by atoms with Crippen LogP contribution in [0.2, 0.25) is 0 Å². The fraction of sp³-hybridized carbons (Fsp3) is 0.667. The van der Waals surface area contributed by atoms with Crippen molar-refractivity contribution in [2.24, 2.45) is 0 Å². The van der Waals surface area contributed by atoms with E-state index >= 15 is 0 Å². The van der Waals surface area contributed by atoms with Crippen molar-refractivity contribution in [3.05, 3.63) is 35.4 Å². The van der Waals surface area contributed by atoms with Gasteiger partial charge in [-0.05, 0) is 56.8 Å². The number of carbonyl (C=O) groups is 2. The summed E-state index contributed by atoms with van der Waals surface area (Å²) < 4.78 is 5.15. The number of benzene rings is 1. The normalized spacial score (nSPS) is 22.1.